The van der Waals surface area contributed by atoms with Crippen molar-refractivity contribution >= 4 is 0 Å². The number of rotatable bonds is 7. The van der Waals surface area contributed by atoms with E-state index >= 15 is 0 Å². The monoisotopic (exact) mass is 294 g/mol. The molecular formula is C20H38O. The Morgan fingerprint density at radius 1 is 0.857 bits per heavy atom. The van der Waals surface area contributed by atoms with E-state index in [9.17, 15) is 0 Å². The number of ether oxygens (including phenoxy) is 1. The maximum absolute atomic E-state index is 6.12. The molecule has 0 N–H and O–H groups in total. The van der Waals surface area contributed by atoms with Gasteiger partial charge in [-0.2, -0.15) is 0 Å². The molecule has 2 aliphatic rings. The third-order valence-corrected chi connectivity index (χ3v) is 6.22. The van der Waals surface area contributed by atoms with Gasteiger partial charge in [-0.25, -0.2) is 0 Å². The minimum atomic E-state index is 0.559. The van der Waals surface area contributed by atoms with Crippen LogP contribution in [0.3, 0.4) is 0 Å². The summed E-state index contributed by atoms with van der Waals surface area (Å²) in [6.45, 7) is 8.01. The summed E-state index contributed by atoms with van der Waals surface area (Å²) in [6.07, 6.45) is 16.2. The van der Waals surface area contributed by atoms with E-state index in [1.807, 2.05) is 0 Å². The van der Waals surface area contributed by atoms with Gasteiger partial charge in [0.2, 0.25) is 0 Å². The van der Waals surface area contributed by atoms with E-state index in [1.54, 1.807) is 0 Å². The van der Waals surface area contributed by atoms with Crippen LogP contribution in [0, 0.1) is 23.7 Å². The summed E-state index contributed by atoms with van der Waals surface area (Å²) in [6, 6.07) is 0. The second kappa shape index (κ2) is 9.18. The normalized spacial score (nSPS) is 37.6. The molecule has 21 heavy (non-hydrogen) atoms. The SMILES string of the molecule is CCCCOC1CCC(C2CCC(CCC)CC2)CC1C. The van der Waals surface area contributed by atoms with Crippen LogP contribution in [0.15, 0.2) is 0 Å². The van der Waals surface area contributed by atoms with Crippen LogP contribution in [-0.4, -0.2) is 12.7 Å². The van der Waals surface area contributed by atoms with E-state index in [-0.39, 0.29) is 0 Å². The van der Waals surface area contributed by atoms with Gasteiger partial charge < -0.3 is 4.74 Å². The molecule has 0 saturated heterocycles. The molecule has 3 atom stereocenters. The molecule has 2 saturated carbocycles. The fourth-order valence-corrected chi connectivity index (χ4v) is 4.82. The van der Waals surface area contributed by atoms with E-state index in [0.717, 1.165) is 30.3 Å². The highest BCUT2D eigenvalue weighted by molar-refractivity contribution is 4.85. The van der Waals surface area contributed by atoms with Crippen LogP contribution >= 0.6 is 0 Å². The van der Waals surface area contributed by atoms with Gasteiger partial charge in [0.05, 0.1) is 6.10 Å². The smallest absolute Gasteiger partial charge is 0.0600 e. The zero-order valence-electron chi connectivity index (χ0n) is 14.8. The summed E-state index contributed by atoms with van der Waals surface area (Å²) in [5.74, 6) is 3.89. The second-order valence-electron chi connectivity index (χ2n) is 7.88. The van der Waals surface area contributed by atoms with Gasteiger partial charge in [-0.3, -0.25) is 0 Å². The van der Waals surface area contributed by atoms with E-state index in [0.29, 0.717) is 6.10 Å². The molecule has 3 unspecified atom stereocenters. The summed E-state index contributed by atoms with van der Waals surface area (Å²) in [5.41, 5.74) is 0. The lowest BCUT2D eigenvalue weighted by Crippen LogP contribution is -2.34. The lowest BCUT2D eigenvalue weighted by Gasteiger charge is -2.40. The highest BCUT2D eigenvalue weighted by atomic mass is 16.5. The van der Waals surface area contributed by atoms with Crippen molar-refractivity contribution in [3.05, 3.63) is 0 Å². The molecular weight excluding hydrogens is 256 g/mol. The number of unbranched alkanes of at least 4 members (excludes halogenated alkanes) is 1. The Balaban J connectivity index is 1.70. The van der Waals surface area contributed by atoms with Gasteiger partial charge in [0.25, 0.3) is 0 Å². The molecule has 2 rings (SSSR count). The molecule has 0 aromatic heterocycles. The van der Waals surface area contributed by atoms with Gasteiger partial charge in [-0.1, -0.05) is 52.9 Å². The Morgan fingerprint density at radius 2 is 1.57 bits per heavy atom. The van der Waals surface area contributed by atoms with Crippen molar-refractivity contribution in [1.29, 1.82) is 0 Å². The third kappa shape index (κ3) is 5.27. The van der Waals surface area contributed by atoms with Crippen LogP contribution in [0.4, 0.5) is 0 Å². The lowest BCUT2D eigenvalue weighted by molar-refractivity contribution is -0.0286. The summed E-state index contributed by atoms with van der Waals surface area (Å²) in [4.78, 5) is 0. The molecule has 2 aliphatic carbocycles. The zero-order chi connectivity index (χ0) is 15.1. The van der Waals surface area contributed by atoms with Gasteiger partial charge in [-0.15, -0.1) is 0 Å². The molecule has 0 radical (unpaired) electrons. The fourth-order valence-electron chi connectivity index (χ4n) is 4.82. The summed E-state index contributed by atoms with van der Waals surface area (Å²) in [5, 5.41) is 0. The highest BCUT2D eigenvalue weighted by Gasteiger charge is 2.34. The van der Waals surface area contributed by atoms with E-state index in [2.05, 4.69) is 20.8 Å². The van der Waals surface area contributed by atoms with Gasteiger partial charge >= 0.3 is 0 Å². The Hall–Kier alpha value is -0.0400. The van der Waals surface area contributed by atoms with Crippen molar-refractivity contribution in [2.45, 2.75) is 97.5 Å². The lowest BCUT2D eigenvalue weighted by atomic mass is 9.68. The van der Waals surface area contributed by atoms with Crippen LogP contribution in [0.2, 0.25) is 0 Å². The molecule has 0 spiro atoms. The first-order chi connectivity index (χ1) is 10.2. The quantitative estimate of drug-likeness (QED) is 0.507. The standard InChI is InChI=1S/C20H38O/c1-4-6-14-21-20-13-12-19(15-16(20)3)18-10-8-17(7-5-2)9-11-18/h16-20H,4-15H2,1-3H3. The van der Waals surface area contributed by atoms with Gasteiger partial charge in [0, 0.05) is 6.61 Å². The van der Waals surface area contributed by atoms with E-state index < -0.39 is 0 Å². The van der Waals surface area contributed by atoms with Crippen molar-refractivity contribution in [2.75, 3.05) is 6.61 Å². The maximum Gasteiger partial charge on any atom is 0.0600 e. The molecule has 0 aromatic rings. The molecule has 0 aromatic carbocycles. The topological polar surface area (TPSA) is 9.23 Å². The molecule has 0 amide bonds. The van der Waals surface area contributed by atoms with Crippen molar-refractivity contribution in [3.8, 4) is 0 Å². The van der Waals surface area contributed by atoms with Crippen LogP contribution < -0.4 is 0 Å². The second-order valence-corrected chi connectivity index (χ2v) is 7.88. The van der Waals surface area contributed by atoms with Gasteiger partial charge in [0.1, 0.15) is 0 Å². The highest BCUT2D eigenvalue weighted by Crippen LogP contribution is 2.43. The average Bonchev–Trinajstić information content (AvgIpc) is 2.50. The van der Waals surface area contributed by atoms with Crippen molar-refractivity contribution in [3.63, 3.8) is 0 Å². The first-order valence-electron chi connectivity index (χ1n) is 9.86. The van der Waals surface area contributed by atoms with Gasteiger partial charge in [-0.05, 0) is 62.2 Å². The van der Waals surface area contributed by atoms with Crippen LogP contribution in [0.5, 0.6) is 0 Å². The predicted octanol–water partition coefficient (Wildman–Crippen LogP) is 6.21. The molecule has 1 nitrogen and oxygen atoms in total. The van der Waals surface area contributed by atoms with Crippen LogP contribution in [0.1, 0.15) is 91.4 Å². The largest absolute Gasteiger partial charge is 0.378 e. The van der Waals surface area contributed by atoms with Crippen molar-refractivity contribution in [2.24, 2.45) is 23.7 Å². The number of hydrogen-bond acceptors (Lipinski definition) is 1. The number of hydrogen-bond donors (Lipinski definition) is 0. The molecule has 1 heteroatoms. The molecule has 0 bridgehead atoms. The van der Waals surface area contributed by atoms with Gasteiger partial charge in [0.15, 0.2) is 0 Å². The Bertz CT molecular complexity index is 267. The first kappa shape index (κ1) is 17.3. The molecule has 0 aliphatic heterocycles. The third-order valence-electron chi connectivity index (χ3n) is 6.22. The van der Waals surface area contributed by atoms with E-state index in [1.165, 1.54) is 70.6 Å². The fraction of sp³-hybridized carbons (Fsp3) is 1.00. The molecule has 2 fully saturated rings. The maximum atomic E-state index is 6.12. The summed E-state index contributed by atoms with van der Waals surface area (Å²) >= 11 is 0. The minimum absolute atomic E-state index is 0.559. The molecule has 124 valence electrons. The molecule has 0 heterocycles. The minimum Gasteiger partial charge on any atom is -0.378 e. The van der Waals surface area contributed by atoms with E-state index in [4.69, 9.17) is 4.74 Å². The summed E-state index contributed by atoms with van der Waals surface area (Å²) in [7, 11) is 0. The Labute approximate surface area is 133 Å². The van der Waals surface area contributed by atoms with Crippen molar-refractivity contribution in [1.82, 2.24) is 0 Å². The Kier molecular flexibility index (Phi) is 7.57. The predicted molar refractivity (Wildman–Crippen MR) is 91.5 cm³/mol. The summed E-state index contributed by atoms with van der Waals surface area (Å²) < 4.78 is 6.12. The average molecular weight is 295 g/mol. The zero-order valence-corrected chi connectivity index (χ0v) is 14.8. The van der Waals surface area contributed by atoms with Crippen LogP contribution in [0.25, 0.3) is 0 Å². The Morgan fingerprint density at radius 3 is 2.19 bits per heavy atom. The van der Waals surface area contributed by atoms with Crippen LogP contribution in [-0.2, 0) is 4.74 Å². The first-order valence-corrected chi connectivity index (χ1v) is 9.86. The van der Waals surface area contributed by atoms with Crippen molar-refractivity contribution < 1.29 is 4.74 Å².